The van der Waals surface area contributed by atoms with Crippen LogP contribution in [-0.4, -0.2) is 30.4 Å². The number of benzene rings is 1. The molecule has 0 aliphatic carbocycles. The van der Waals surface area contributed by atoms with Crippen LogP contribution < -0.4 is 10.1 Å². The van der Waals surface area contributed by atoms with E-state index < -0.39 is 6.10 Å². The highest BCUT2D eigenvalue weighted by Crippen LogP contribution is 2.12. The van der Waals surface area contributed by atoms with Crippen LogP contribution in [0, 0.1) is 6.92 Å². The van der Waals surface area contributed by atoms with Crippen LogP contribution >= 0.6 is 0 Å². The van der Waals surface area contributed by atoms with E-state index in [1.54, 1.807) is 0 Å². The SMILES string of the molecule is CCCC(CC)NCC(O)COc1cccc(C)c1. The summed E-state index contributed by atoms with van der Waals surface area (Å²) in [6.45, 7) is 7.30. The summed E-state index contributed by atoms with van der Waals surface area (Å²) in [4.78, 5) is 0. The third-order valence-electron chi connectivity index (χ3n) is 3.20. The average Bonchev–Trinajstić information content (AvgIpc) is 2.41. The number of aliphatic hydroxyl groups is 1. The molecule has 1 aromatic carbocycles. The van der Waals surface area contributed by atoms with E-state index in [4.69, 9.17) is 4.74 Å². The van der Waals surface area contributed by atoms with Crippen LogP contribution in [-0.2, 0) is 0 Å². The summed E-state index contributed by atoms with van der Waals surface area (Å²) in [7, 11) is 0. The Morgan fingerprint density at radius 2 is 2.11 bits per heavy atom. The highest BCUT2D eigenvalue weighted by atomic mass is 16.5. The molecule has 3 heteroatoms. The fraction of sp³-hybridized carbons (Fsp3) is 0.625. The quantitative estimate of drug-likeness (QED) is 0.721. The van der Waals surface area contributed by atoms with E-state index >= 15 is 0 Å². The summed E-state index contributed by atoms with van der Waals surface area (Å²) >= 11 is 0. The Labute approximate surface area is 117 Å². The van der Waals surface area contributed by atoms with Gasteiger partial charge in [-0.2, -0.15) is 0 Å². The number of hydrogen-bond donors (Lipinski definition) is 2. The number of ether oxygens (including phenoxy) is 1. The second kappa shape index (κ2) is 8.94. The van der Waals surface area contributed by atoms with Crippen LogP contribution in [0.3, 0.4) is 0 Å². The summed E-state index contributed by atoms with van der Waals surface area (Å²) in [6, 6.07) is 8.38. The topological polar surface area (TPSA) is 41.5 Å². The van der Waals surface area contributed by atoms with Gasteiger partial charge in [0.2, 0.25) is 0 Å². The van der Waals surface area contributed by atoms with Crippen molar-refractivity contribution in [3.05, 3.63) is 29.8 Å². The van der Waals surface area contributed by atoms with Gasteiger partial charge in [0.05, 0.1) is 0 Å². The first kappa shape index (κ1) is 16.0. The molecule has 0 spiro atoms. The van der Waals surface area contributed by atoms with E-state index in [0.29, 0.717) is 19.2 Å². The molecule has 0 saturated heterocycles. The summed E-state index contributed by atoms with van der Waals surface area (Å²) in [5.41, 5.74) is 1.17. The maximum Gasteiger partial charge on any atom is 0.119 e. The first-order valence-corrected chi connectivity index (χ1v) is 7.26. The standard InChI is InChI=1S/C16H27NO2/c1-4-7-14(5-2)17-11-15(18)12-19-16-9-6-8-13(3)10-16/h6,8-10,14-15,17-18H,4-5,7,11-12H2,1-3H3. The molecule has 2 N–H and O–H groups in total. The van der Waals surface area contributed by atoms with Crippen molar-refractivity contribution in [1.82, 2.24) is 5.32 Å². The van der Waals surface area contributed by atoms with Gasteiger partial charge in [0.25, 0.3) is 0 Å². The fourth-order valence-corrected chi connectivity index (χ4v) is 2.06. The molecule has 0 fully saturated rings. The van der Waals surface area contributed by atoms with Crippen LogP contribution in [0.15, 0.2) is 24.3 Å². The maximum absolute atomic E-state index is 9.90. The fourth-order valence-electron chi connectivity index (χ4n) is 2.06. The molecule has 2 unspecified atom stereocenters. The molecular formula is C16H27NO2. The van der Waals surface area contributed by atoms with Gasteiger partial charge in [0, 0.05) is 12.6 Å². The predicted molar refractivity (Wildman–Crippen MR) is 79.7 cm³/mol. The minimum atomic E-state index is -0.466. The predicted octanol–water partition coefficient (Wildman–Crippen LogP) is 2.90. The molecule has 0 saturated carbocycles. The van der Waals surface area contributed by atoms with Gasteiger partial charge in [-0.1, -0.05) is 32.4 Å². The molecule has 1 aromatic rings. The van der Waals surface area contributed by atoms with Crippen molar-refractivity contribution in [2.75, 3.05) is 13.2 Å². The van der Waals surface area contributed by atoms with E-state index in [0.717, 1.165) is 18.6 Å². The Morgan fingerprint density at radius 1 is 1.32 bits per heavy atom. The molecule has 1 rings (SSSR count). The van der Waals surface area contributed by atoms with Gasteiger partial charge >= 0.3 is 0 Å². The molecule has 19 heavy (non-hydrogen) atoms. The molecule has 0 aliphatic heterocycles. The van der Waals surface area contributed by atoms with Crippen LogP contribution in [0.4, 0.5) is 0 Å². The average molecular weight is 265 g/mol. The Kier molecular flexibility index (Phi) is 7.53. The Balaban J connectivity index is 2.25. The van der Waals surface area contributed by atoms with Crippen molar-refractivity contribution in [2.45, 2.75) is 52.2 Å². The zero-order valence-electron chi connectivity index (χ0n) is 12.4. The first-order chi connectivity index (χ1) is 9.15. The molecule has 0 heterocycles. The van der Waals surface area contributed by atoms with Crippen molar-refractivity contribution in [1.29, 1.82) is 0 Å². The number of aliphatic hydroxyl groups excluding tert-OH is 1. The van der Waals surface area contributed by atoms with E-state index in [1.807, 2.05) is 31.2 Å². The van der Waals surface area contributed by atoms with E-state index in [-0.39, 0.29) is 0 Å². The maximum atomic E-state index is 9.90. The number of hydrogen-bond acceptors (Lipinski definition) is 3. The number of rotatable bonds is 9. The van der Waals surface area contributed by atoms with Gasteiger partial charge in [0.1, 0.15) is 18.5 Å². The summed E-state index contributed by atoms with van der Waals surface area (Å²) in [5.74, 6) is 0.819. The Bertz CT molecular complexity index is 354. The molecule has 3 nitrogen and oxygen atoms in total. The van der Waals surface area contributed by atoms with Gasteiger partial charge in [-0.15, -0.1) is 0 Å². The lowest BCUT2D eigenvalue weighted by molar-refractivity contribution is 0.103. The van der Waals surface area contributed by atoms with Gasteiger partial charge < -0.3 is 15.2 Å². The summed E-state index contributed by atoms with van der Waals surface area (Å²) in [5, 5.41) is 13.3. The largest absolute Gasteiger partial charge is 0.491 e. The third kappa shape index (κ3) is 6.60. The zero-order valence-corrected chi connectivity index (χ0v) is 12.4. The molecule has 0 aliphatic rings. The second-order valence-electron chi connectivity index (χ2n) is 5.08. The highest BCUT2D eigenvalue weighted by molar-refractivity contribution is 5.27. The van der Waals surface area contributed by atoms with Crippen molar-refractivity contribution in [2.24, 2.45) is 0 Å². The van der Waals surface area contributed by atoms with Crippen LogP contribution in [0.1, 0.15) is 38.7 Å². The number of nitrogens with one attached hydrogen (secondary N) is 1. The van der Waals surface area contributed by atoms with Gasteiger partial charge in [-0.05, 0) is 37.5 Å². The normalized spacial score (nSPS) is 14.1. The monoisotopic (exact) mass is 265 g/mol. The molecule has 0 bridgehead atoms. The smallest absolute Gasteiger partial charge is 0.119 e. The molecule has 0 radical (unpaired) electrons. The van der Waals surface area contributed by atoms with Crippen molar-refractivity contribution < 1.29 is 9.84 Å². The second-order valence-corrected chi connectivity index (χ2v) is 5.08. The lowest BCUT2D eigenvalue weighted by atomic mass is 10.1. The van der Waals surface area contributed by atoms with Gasteiger partial charge in [-0.25, -0.2) is 0 Å². The van der Waals surface area contributed by atoms with Crippen LogP contribution in [0.5, 0.6) is 5.75 Å². The molecular weight excluding hydrogens is 238 g/mol. The molecule has 0 amide bonds. The van der Waals surface area contributed by atoms with Gasteiger partial charge in [-0.3, -0.25) is 0 Å². The lowest BCUT2D eigenvalue weighted by Crippen LogP contribution is -2.37. The van der Waals surface area contributed by atoms with E-state index in [9.17, 15) is 5.11 Å². The molecule has 108 valence electrons. The Morgan fingerprint density at radius 3 is 2.74 bits per heavy atom. The van der Waals surface area contributed by atoms with Crippen LogP contribution in [0.2, 0.25) is 0 Å². The Hall–Kier alpha value is -1.06. The van der Waals surface area contributed by atoms with Crippen molar-refractivity contribution in [3.8, 4) is 5.75 Å². The van der Waals surface area contributed by atoms with Crippen molar-refractivity contribution >= 4 is 0 Å². The minimum Gasteiger partial charge on any atom is -0.491 e. The highest BCUT2D eigenvalue weighted by Gasteiger charge is 2.09. The van der Waals surface area contributed by atoms with Crippen molar-refractivity contribution in [3.63, 3.8) is 0 Å². The first-order valence-electron chi connectivity index (χ1n) is 7.26. The third-order valence-corrected chi connectivity index (χ3v) is 3.20. The van der Waals surface area contributed by atoms with Crippen LogP contribution in [0.25, 0.3) is 0 Å². The molecule has 2 atom stereocenters. The number of aryl methyl sites for hydroxylation is 1. The summed E-state index contributed by atoms with van der Waals surface area (Å²) < 4.78 is 5.58. The van der Waals surface area contributed by atoms with E-state index in [1.165, 1.54) is 12.0 Å². The van der Waals surface area contributed by atoms with Gasteiger partial charge in [0.15, 0.2) is 0 Å². The molecule has 0 aromatic heterocycles. The lowest BCUT2D eigenvalue weighted by Gasteiger charge is -2.19. The zero-order chi connectivity index (χ0) is 14.1. The van der Waals surface area contributed by atoms with E-state index in [2.05, 4.69) is 19.2 Å². The summed E-state index contributed by atoms with van der Waals surface area (Å²) in [6.07, 6.45) is 2.95. The minimum absolute atomic E-state index is 0.332.